The largest absolute Gasteiger partial charge is 0.310 e. The summed E-state index contributed by atoms with van der Waals surface area (Å²) in [6.07, 6.45) is 7.27. The van der Waals surface area contributed by atoms with Crippen LogP contribution in [-0.2, 0) is 19.6 Å². The van der Waals surface area contributed by atoms with Crippen LogP contribution in [0.3, 0.4) is 0 Å². The maximum atomic E-state index is 4.49. The molecule has 0 atom stereocenters. The smallest absolute Gasteiger partial charge is 0.148 e. The van der Waals surface area contributed by atoms with Crippen molar-refractivity contribution in [1.82, 2.24) is 29.9 Å². The molecule has 3 rings (SSSR count). The van der Waals surface area contributed by atoms with E-state index in [-0.39, 0.29) is 0 Å². The highest BCUT2D eigenvalue weighted by Crippen LogP contribution is 2.20. The summed E-state index contributed by atoms with van der Waals surface area (Å²) in [6.45, 7) is 6.78. The van der Waals surface area contributed by atoms with Gasteiger partial charge in [0.2, 0.25) is 0 Å². The van der Waals surface area contributed by atoms with Crippen molar-refractivity contribution in [2.75, 3.05) is 0 Å². The fourth-order valence-corrected chi connectivity index (χ4v) is 2.30. The van der Waals surface area contributed by atoms with Gasteiger partial charge in [-0.1, -0.05) is 6.92 Å². The first kappa shape index (κ1) is 13.3. The molecule has 0 radical (unpaired) electrons. The third-order valence-corrected chi connectivity index (χ3v) is 3.79. The van der Waals surface area contributed by atoms with Crippen molar-refractivity contribution in [3.63, 3.8) is 0 Å². The summed E-state index contributed by atoms with van der Waals surface area (Å²) < 4.78 is 3.98. The van der Waals surface area contributed by atoms with E-state index in [0.717, 1.165) is 31.4 Å². The van der Waals surface area contributed by atoms with Gasteiger partial charge in [0, 0.05) is 30.4 Å². The molecule has 0 spiro atoms. The lowest BCUT2D eigenvalue weighted by molar-refractivity contribution is 0.534. The fourth-order valence-electron chi connectivity index (χ4n) is 2.30. The predicted octanol–water partition coefficient (Wildman–Crippen LogP) is 1.49. The Morgan fingerprint density at radius 2 is 2.15 bits per heavy atom. The van der Waals surface area contributed by atoms with Crippen molar-refractivity contribution >= 4 is 0 Å². The van der Waals surface area contributed by atoms with Crippen LogP contribution >= 0.6 is 0 Å². The van der Waals surface area contributed by atoms with Crippen LogP contribution in [-0.4, -0.2) is 30.6 Å². The lowest BCUT2D eigenvalue weighted by Crippen LogP contribution is -2.16. The van der Waals surface area contributed by atoms with Gasteiger partial charge < -0.3 is 5.32 Å². The quantitative estimate of drug-likeness (QED) is 0.831. The number of nitrogens with one attached hydrogen (secondary N) is 1. The second-order valence-corrected chi connectivity index (χ2v) is 5.47. The van der Waals surface area contributed by atoms with Gasteiger partial charge in [-0.3, -0.25) is 4.68 Å². The van der Waals surface area contributed by atoms with Crippen molar-refractivity contribution in [3.8, 4) is 0 Å². The number of aryl methyl sites for hydroxylation is 1. The Kier molecular flexibility index (Phi) is 3.82. The number of aromatic nitrogens is 5. The Labute approximate surface area is 119 Å². The summed E-state index contributed by atoms with van der Waals surface area (Å²) in [6, 6.07) is 0.727. The molecule has 0 aromatic carbocycles. The summed E-state index contributed by atoms with van der Waals surface area (Å²) in [5.74, 6) is 0.972. The molecule has 1 aliphatic rings. The zero-order valence-electron chi connectivity index (χ0n) is 12.2. The summed E-state index contributed by atoms with van der Waals surface area (Å²) in [5.41, 5.74) is 2.49. The number of hydrogen-bond donors (Lipinski definition) is 1. The Bertz CT molecular complexity index is 566. The Balaban J connectivity index is 1.68. The average molecular weight is 274 g/mol. The van der Waals surface area contributed by atoms with E-state index in [1.807, 2.05) is 15.6 Å². The number of nitrogens with zero attached hydrogens (tertiary/aromatic N) is 5. The zero-order valence-corrected chi connectivity index (χ0v) is 12.2. The van der Waals surface area contributed by atoms with E-state index < -0.39 is 0 Å². The first-order valence-electron chi connectivity index (χ1n) is 7.39. The van der Waals surface area contributed by atoms with Gasteiger partial charge in [0.1, 0.15) is 18.7 Å². The molecule has 108 valence electrons. The lowest BCUT2D eigenvalue weighted by atomic mass is 10.2. The molecule has 6 nitrogen and oxygen atoms in total. The van der Waals surface area contributed by atoms with E-state index >= 15 is 0 Å². The van der Waals surface area contributed by atoms with Crippen molar-refractivity contribution in [2.24, 2.45) is 0 Å². The van der Waals surface area contributed by atoms with Crippen LogP contribution in [0.15, 0.2) is 12.5 Å². The average Bonchev–Trinajstić information content (AvgIpc) is 3.08. The SMILES string of the molecule is CCCn1ncnc1Cn1ncc(CNC2CC2)c1C. The van der Waals surface area contributed by atoms with E-state index in [1.165, 1.54) is 24.1 Å². The second-order valence-electron chi connectivity index (χ2n) is 5.47. The minimum atomic E-state index is 0.690. The van der Waals surface area contributed by atoms with Gasteiger partial charge in [0.05, 0.1) is 6.20 Å². The van der Waals surface area contributed by atoms with Gasteiger partial charge >= 0.3 is 0 Å². The molecule has 0 saturated heterocycles. The highest BCUT2D eigenvalue weighted by Gasteiger charge is 2.21. The molecule has 2 aromatic rings. The molecule has 0 bridgehead atoms. The minimum absolute atomic E-state index is 0.690. The molecule has 0 unspecified atom stereocenters. The van der Waals surface area contributed by atoms with Gasteiger partial charge in [-0.2, -0.15) is 10.2 Å². The van der Waals surface area contributed by atoms with Crippen molar-refractivity contribution < 1.29 is 0 Å². The molecule has 20 heavy (non-hydrogen) atoms. The lowest BCUT2D eigenvalue weighted by Gasteiger charge is -2.07. The highest BCUT2D eigenvalue weighted by molar-refractivity contribution is 5.17. The predicted molar refractivity (Wildman–Crippen MR) is 76.2 cm³/mol. The van der Waals surface area contributed by atoms with Crippen LogP contribution in [0.25, 0.3) is 0 Å². The van der Waals surface area contributed by atoms with Crippen molar-refractivity contribution in [1.29, 1.82) is 0 Å². The van der Waals surface area contributed by atoms with Gasteiger partial charge in [-0.05, 0) is 26.2 Å². The maximum Gasteiger partial charge on any atom is 0.148 e. The topological polar surface area (TPSA) is 60.6 Å². The summed E-state index contributed by atoms with van der Waals surface area (Å²) in [7, 11) is 0. The first-order valence-corrected chi connectivity index (χ1v) is 7.39. The molecular weight excluding hydrogens is 252 g/mol. The van der Waals surface area contributed by atoms with E-state index in [0.29, 0.717) is 6.54 Å². The molecule has 1 N–H and O–H groups in total. The van der Waals surface area contributed by atoms with Crippen LogP contribution in [0.1, 0.15) is 43.3 Å². The third-order valence-electron chi connectivity index (χ3n) is 3.79. The molecule has 2 heterocycles. The molecule has 1 fully saturated rings. The fraction of sp³-hybridized carbons (Fsp3) is 0.643. The van der Waals surface area contributed by atoms with Gasteiger partial charge in [-0.25, -0.2) is 9.67 Å². The Hall–Kier alpha value is -1.69. The van der Waals surface area contributed by atoms with E-state index in [9.17, 15) is 0 Å². The van der Waals surface area contributed by atoms with Crippen molar-refractivity contribution in [2.45, 2.75) is 58.8 Å². The second kappa shape index (κ2) is 5.75. The molecule has 1 saturated carbocycles. The van der Waals surface area contributed by atoms with Crippen LogP contribution in [0.5, 0.6) is 0 Å². The summed E-state index contributed by atoms with van der Waals surface area (Å²) in [4.78, 5) is 4.34. The Morgan fingerprint density at radius 3 is 2.90 bits per heavy atom. The van der Waals surface area contributed by atoms with Crippen LogP contribution in [0.2, 0.25) is 0 Å². The number of rotatable bonds is 7. The summed E-state index contributed by atoms with van der Waals surface area (Å²) >= 11 is 0. The molecular formula is C14H22N6. The normalized spacial score (nSPS) is 14.9. The molecule has 6 heteroatoms. The van der Waals surface area contributed by atoms with Crippen LogP contribution < -0.4 is 5.32 Å². The van der Waals surface area contributed by atoms with Gasteiger partial charge in [-0.15, -0.1) is 0 Å². The first-order chi connectivity index (χ1) is 9.78. The van der Waals surface area contributed by atoms with Crippen LogP contribution in [0, 0.1) is 6.92 Å². The van der Waals surface area contributed by atoms with E-state index in [2.05, 4.69) is 34.3 Å². The molecule has 0 amide bonds. The van der Waals surface area contributed by atoms with Gasteiger partial charge in [0.25, 0.3) is 0 Å². The van der Waals surface area contributed by atoms with E-state index in [4.69, 9.17) is 0 Å². The zero-order chi connectivity index (χ0) is 13.9. The molecule has 2 aromatic heterocycles. The highest BCUT2D eigenvalue weighted by atomic mass is 15.4. The molecule has 1 aliphatic carbocycles. The minimum Gasteiger partial charge on any atom is -0.310 e. The van der Waals surface area contributed by atoms with Crippen molar-refractivity contribution in [3.05, 3.63) is 29.6 Å². The van der Waals surface area contributed by atoms with E-state index in [1.54, 1.807) is 6.33 Å². The standard InChI is InChI=1S/C14H22N6/c1-3-6-19-14(16-10-18-19)9-20-11(2)12(8-17-20)7-15-13-4-5-13/h8,10,13,15H,3-7,9H2,1-2H3. The third kappa shape index (κ3) is 2.90. The Morgan fingerprint density at radius 1 is 1.30 bits per heavy atom. The molecule has 0 aliphatic heterocycles. The maximum absolute atomic E-state index is 4.49. The summed E-state index contributed by atoms with van der Waals surface area (Å²) in [5, 5.41) is 12.3. The number of hydrogen-bond acceptors (Lipinski definition) is 4. The van der Waals surface area contributed by atoms with Gasteiger partial charge in [0.15, 0.2) is 0 Å². The van der Waals surface area contributed by atoms with Crippen LogP contribution in [0.4, 0.5) is 0 Å². The monoisotopic (exact) mass is 274 g/mol.